The van der Waals surface area contributed by atoms with Gasteiger partial charge in [-0.1, -0.05) is 18.2 Å². The monoisotopic (exact) mass is 499 g/mol. The summed E-state index contributed by atoms with van der Waals surface area (Å²) >= 11 is 0. The molecule has 3 heterocycles. The fourth-order valence-corrected chi connectivity index (χ4v) is 4.62. The summed E-state index contributed by atoms with van der Waals surface area (Å²) in [4.78, 5) is 12.1. The van der Waals surface area contributed by atoms with Crippen LogP contribution in [0.5, 0.6) is 0 Å². The van der Waals surface area contributed by atoms with Crippen molar-refractivity contribution in [3.05, 3.63) is 30.3 Å². The number of likely N-dealkylation sites (tertiary alicyclic amines) is 1. The highest BCUT2D eigenvalue weighted by molar-refractivity contribution is 14.0. The number of anilines is 1. The van der Waals surface area contributed by atoms with Crippen LogP contribution in [0.2, 0.25) is 0 Å². The summed E-state index contributed by atoms with van der Waals surface area (Å²) in [5.41, 5.74) is 1.34. The molecule has 3 fully saturated rings. The molecule has 3 aliphatic heterocycles. The highest BCUT2D eigenvalue weighted by Crippen LogP contribution is 2.23. The predicted octanol–water partition coefficient (Wildman–Crippen LogP) is 2.11. The van der Waals surface area contributed by atoms with Crippen molar-refractivity contribution in [2.45, 2.75) is 18.9 Å². The van der Waals surface area contributed by atoms with Crippen LogP contribution in [-0.2, 0) is 4.74 Å². The van der Waals surface area contributed by atoms with Crippen LogP contribution in [0.4, 0.5) is 5.69 Å². The number of para-hydroxylation sites is 1. The van der Waals surface area contributed by atoms with E-state index in [1.165, 1.54) is 18.5 Å². The first-order chi connectivity index (χ1) is 13.3. The topological polar surface area (TPSA) is 43.3 Å². The maximum absolute atomic E-state index is 5.50. The molecule has 0 radical (unpaired) electrons. The Morgan fingerprint density at radius 3 is 2.61 bits per heavy atom. The van der Waals surface area contributed by atoms with E-state index < -0.39 is 0 Å². The van der Waals surface area contributed by atoms with Gasteiger partial charge in [0.05, 0.1) is 13.2 Å². The lowest BCUT2D eigenvalue weighted by Crippen LogP contribution is -2.47. The molecule has 2 atom stereocenters. The number of benzene rings is 1. The van der Waals surface area contributed by atoms with Crippen LogP contribution in [0.1, 0.15) is 12.8 Å². The molecule has 2 unspecified atom stereocenters. The number of hydrogen-bond donors (Lipinski definition) is 1. The van der Waals surface area contributed by atoms with Gasteiger partial charge in [-0.2, -0.15) is 0 Å². The van der Waals surface area contributed by atoms with Gasteiger partial charge in [-0.15, -0.1) is 24.0 Å². The number of halogens is 1. The van der Waals surface area contributed by atoms with Crippen LogP contribution in [0.15, 0.2) is 35.3 Å². The smallest absolute Gasteiger partial charge is 0.193 e. The van der Waals surface area contributed by atoms with Gasteiger partial charge >= 0.3 is 0 Å². The molecular formula is C21H34IN5O. The van der Waals surface area contributed by atoms with E-state index in [9.17, 15) is 0 Å². The Labute approximate surface area is 186 Å². The van der Waals surface area contributed by atoms with Gasteiger partial charge in [-0.25, -0.2) is 0 Å². The van der Waals surface area contributed by atoms with E-state index in [1.54, 1.807) is 0 Å². The maximum atomic E-state index is 5.50. The second kappa shape index (κ2) is 10.6. The second-order valence-corrected chi connectivity index (χ2v) is 7.90. The van der Waals surface area contributed by atoms with Crippen molar-refractivity contribution in [2.75, 3.05) is 71.0 Å². The third kappa shape index (κ3) is 5.30. The molecule has 6 nitrogen and oxygen atoms in total. The molecule has 0 amide bonds. The average molecular weight is 499 g/mol. The second-order valence-electron chi connectivity index (χ2n) is 7.90. The quantitative estimate of drug-likeness (QED) is 0.391. The first kappa shape index (κ1) is 21.6. The Morgan fingerprint density at radius 1 is 1.07 bits per heavy atom. The van der Waals surface area contributed by atoms with E-state index >= 15 is 0 Å². The molecule has 3 saturated heterocycles. The standard InChI is InChI=1S/C21H33N5O.HI/c1-22-21(26-10-8-20(17-26)24-11-13-27-14-12-24)23-15-18-7-9-25(16-18)19-5-3-2-4-6-19;/h2-6,18,20H,7-17H2,1H3,(H,22,23);1H. The molecule has 28 heavy (non-hydrogen) atoms. The molecule has 7 heteroatoms. The lowest BCUT2D eigenvalue weighted by atomic mass is 10.1. The first-order valence-corrected chi connectivity index (χ1v) is 10.4. The maximum Gasteiger partial charge on any atom is 0.193 e. The molecule has 0 aromatic heterocycles. The molecule has 0 aliphatic carbocycles. The van der Waals surface area contributed by atoms with E-state index in [-0.39, 0.29) is 24.0 Å². The number of morpholine rings is 1. The summed E-state index contributed by atoms with van der Waals surface area (Å²) in [7, 11) is 1.91. The number of hydrogen-bond acceptors (Lipinski definition) is 4. The van der Waals surface area contributed by atoms with Gasteiger partial charge in [0.25, 0.3) is 0 Å². The van der Waals surface area contributed by atoms with Gasteiger partial charge in [0.1, 0.15) is 0 Å². The summed E-state index contributed by atoms with van der Waals surface area (Å²) in [6.07, 6.45) is 2.47. The van der Waals surface area contributed by atoms with Crippen molar-refractivity contribution in [1.29, 1.82) is 0 Å². The minimum Gasteiger partial charge on any atom is -0.379 e. The number of aliphatic imine (C=N–C) groups is 1. The molecule has 1 N–H and O–H groups in total. The van der Waals surface area contributed by atoms with Gasteiger partial charge < -0.3 is 19.9 Å². The molecule has 0 bridgehead atoms. The number of ether oxygens (including phenoxy) is 1. The molecule has 4 rings (SSSR count). The normalized spacial score (nSPS) is 26.4. The van der Waals surface area contributed by atoms with E-state index in [1.807, 2.05) is 7.05 Å². The largest absolute Gasteiger partial charge is 0.379 e. The zero-order chi connectivity index (χ0) is 18.5. The van der Waals surface area contributed by atoms with Gasteiger partial charge in [0, 0.05) is 64.6 Å². The van der Waals surface area contributed by atoms with Gasteiger partial charge in [0.2, 0.25) is 0 Å². The highest BCUT2D eigenvalue weighted by atomic mass is 127. The van der Waals surface area contributed by atoms with E-state index in [2.05, 4.69) is 55.3 Å². The first-order valence-electron chi connectivity index (χ1n) is 10.4. The van der Waals surface area contributed by atoms with E-state index in [0.29, 0.717) is 12.0 Å². The molecule has 0 saturated carbocycles. The summed E-state index contributed by atoms with van der Waals surface area (Å²) < 4.78 is 5.50. The molecule has 1 aromatic carbocycles. The summed E-state index contributed by atoms with van der Waals surface area (Å²) in [6.45, 7) is 9.37. The van der Waals surface area contributed by atoms with E-state index in [0.717, 1.165) is 65.0 Å². The number of guanidine groups is 1. The van der Waals surface area contributed by atoms with Crippen molar-refractivity contribution in [2.24, 2.45) is 10.9 Å². The van der Waals surface area contributed by atoms with E-state index in [4.69, 9.17) is 4.74 Å². The van der Waals surface area contributed by atoms with Crippen LogP contribution in [-0.4, -0.2) is 87.9 Å². The molecule has 0 spiro atoms. The summed E-state index contributed by atoms with van der Waals surface area (Å²) in [6, 6.07) is 11.4. The zero-order valence-corrected chi connectivity index (χ0v) is 19.3. The summed E-state index contributed by atoms with van der Waals surface area (Å²) in [5.74, 6) is 1.75. The van der Waals surface area contributed by atoms with Gasteiger partial charge in [-0.3, -0.25) is 9.89 Å². The lowest BCUT2D eigenvalue weighted by Gasteiger charge is -2.32. The number of rotatable bonds is 4. The highest BCUT2D eigenvalue weighted by Gasteiger charge is 2.31. The van der Waals surface area contributed by atoms with Crippen molar-refractivity contribution >= 4 is 35.6 Å². The van der Waals surface area contributed by atoms with Gasteiger partial charge in [-0.05, 0) is 30.9 Å². The number of nitrogens with one attached hydrogen (secondary N) is 1. The van der Waals surface area contributed by atoms with Crippen LogP contribution in [0.3, 0.4) is 0 Å². The van der Waals surface area contributed by atoms with Crippen molar-refractivity contribution in [3.8, 4) is 0 Å². The van der Waals surface area contributed by atoms with Crippen LogP contribution < -0.4 is 10.2 Å². The molecule has 1 aromatic rings. The van der Waals surface area contributed by atoms with Crippen molar-refractivity contribution in [3.63, 3.8) is 0 Å². The Bertz CT molecular complexity index is 622. The fourth-order valence-electron chi connectivity index (χ4n) is 4.62. The SMILES string of the molecule is CN=C(NCC1CCN(c2ccccc2)C1)N1CCC(N2CCOCC2)C1.I. The minimum atomic E-state index is 0. The average Bonchev–Trinajstić information content (AvgIpc) is 3.40. The molecule has 156 valence electrons. The van der Waals surface area contributed by atoms with Crippen molar-refractivity contribution < 1.29 is 4.74 Å². The number of nitrogens with zero attached hydrogens (tertiary/aromatic N) is 4. The molecular weight excluding hydrogens is 465 g/mol. The lowest BCUT2D eigenvalue weighted by molar-refractivity contribution is 0.0195. The Balaban J connectivity index is 0.00000225. The fraction of sp³-hybridized carbons (Fsp3) is 0.667. The Hall–Kier alpha value is -1.06. The van der Waals surface area contributed by atoms with Gasteiger partial charge in [0.15, 0.2) is 5.96 Å². The minimum absolute atomic E-state index is 0. The summed E-state index contributed by atoms with van der Waals surface area (Å²) in [5, 5.41) is 3.65. The zero-order valence-electron chi connectivity index (χ0n) is 16.9. The Morgan fingerprint density at radius 2 is 1.86 bits per heavy atom. The van der Waals surface area contributed by atoms with Crippen LogP contribution >= 0.6 is 24.0 Å². The molecule has 3 aliphatic rings. The van der Waals surface area contributed by atoms with Crippen molar-refractivity contribution in [1.82, 2.24) is 15.1 Å². The van der Waals surface area contributed by atoms with Crippen LogP contribution in [0.25, 0.3) is 0 Å². The van der Waals surface area contributed by atoms with Crippen LogP contribution in [0, 0.1) is 5.92 Å². The Kier molecular flexibility index (Phi) is 8.23. The predicted molar refractivity (Wildman–Crippen MR) is 126 cm³/mol. The third-order valence-electron chi connectivity index (χ3n) is 6.19. The third-order valence-corrected chi connectivity index (χ3v) is 6.19.